The van der Waals surface area contributed by atoms with Gasteiger partial charge >= 0.3 is 11.9 Å². The van der Waals surface area contributed by atoms with Crippen molar-refractivity contribution in [2.45, 2.75) is 0 Å². The van der Waals surface area contributed by atoms with Gasteiger partial charge < -0.3 is 10.2 Å². The van der Waals surface area contributed by atoms with E-state index in [9.17, 15) is 9.59 Å². The first-order valence-corrected chi connectivity index (χ1v) is 4.33. The number of benzene rings is 1. The van der Waals surface area contributed by atoms with Gasteiger partial charge in [-0.15, -0.1) is 0 Å². The van der Waals surface area contributed by atoms with Gasteiger partial charge in [-0.05, 0) is 5.56 Å². The largest absolute Gasteiger partial charge is 0.477 e. The number of rotatable bonds is 3. The Morgan fingerprint density at radius 3 is 1.87 bits per heavy atom. The van der Waals surface area contributed by atoms with E-state index < -0.39 is 17.5 Å². The average molecular weight is 227 g/mol. The van der Waals surface area contributed by atoms with Crippen molar-refractivity contribution in [2.75, 3.05) is 0 Å². The van der Waals surface area contributed by atoms with Crippen molar-refractivity contribution in [3.63, 3.8) is 0 Å². The molecule has 0 aliphatic heterocycles. The highest BCUT2D eigenvalue weighted by Gasteiger charge is 2.21. The predicted molar refractivity (Wildman–Crippen MR) is 54.5 cm³/mol. The van der Waals surface area contributed by atoms with Crippen LogP contribution >= 0.6 is 11.6 Å². The molecule has 0 aromatic heterocycles. The van der Waals surface area contributed by atoms with Crippen LogP contribution in [-0.2, 0) is 9.59 Å². The summed E-state index contributed by atoms with van der Waals surface area (Å²) in [6.45, 7) is 0. The van der Waals surface area contributed by atoms with Crippen molar-refractivity contribution in [3.05, 3.63) is 41.5 Å². The number of carboxylic acid groups (broad SMARTS) is 2. The van der Waals surface area contributed by atoms with E-state index in [4.69, 9.17) is 21.8 Å². The Morgan fingerprint density at radius 1 is 1.00 bits per heavy atom. The summed E-state index contributed by atoms with van der Waals surface area (Å²) in [5.41, 5.74) is -0.471. The molecular formula is C10H7ClO4. The first-order valence-electron chi connectivity index (χ1n) is 3.96. The summed E-state index contributed by atoms with van der Waals surface area (Å²) in [6, 6.07) is 8.06. The number of hydrogen-bond donors (Lipinski definition) is 2. The van der Waals surface area contributed by atoms with Gasteiger partial charge in [0.05, 0.1) is 5.03 Å². The first kappa shape index (κ1) is 11.3. The summed E-state index contributed by atoms with van der Waals surface area (Å²) in [6.07, 6.45) is 0. The van der Waals surface area contributed by atoms with E-state index in [1.54, 1.807) is 18.2 Å². The van der Waals surface area contributed by atoms with Gasteiger partial charge in [-0.1, -0.05) is 41.9 Å². The molecule has 0 bridgehead atoms. The van der Waals surface area contributed by atoms with Gasteiger partial charge in [-0.25, -0.2) is 9.59 Å². The van der Waals surface area contributed by atoms with E-state index in [2.05, 4.69) is 0 Å². The summed E-state index contributed by atoms with van der Waals surface area (Å²) in [7, 11) is 0. The third-order valence-corrected chi connectivity index (χ3v) is 2.08. The van der Waals surface area contributed by atoms with E-state index >= 15 is 0 Å². The standard InChI is InChI=1S/C10H7ClO4/c11-8(6-4-2-1-3-5-6)7(9(12)13)10(14)15/h1-5H,(H,12,13)(H,14,15). The van der Waals surface area contributed by atoms with E-state index in [0.29, 0.717) is 5.56 Å². The fourth-order valence-corrected chi connectivity index (χ4v) is 1.30. The van der Waals surface area contributed by atoms with Crippen LogP contribution in [0.1, 0.15) is 5.56 Å². The Balaban J connectivity index is 3.29. The third kappa shape index (κ3) is 2.57. The van der Waals surface area contributed by atoms with Gasteiger partial charge in [0, 0.05) is 0 Å². The number of halogens is 1. The lowest BCUT2D eigenvalue weighted by Crippen LogP contribution is -2.12. The van der Waals surface area contributed by atoms with Crippen LogP contribution in [0.2, 0.25) is 0 Å². The minimum absolute atomic E-state index is 0.282. The highest BCUT2D eigenvalue weighted by atomic mass is 35.5. The Labute approximate surface area is 90.4 Å². The van der Waals surface area contributed by atoms with Gasteiger partial charge in [-0.3, -0.25) is 0 Å². The molecule has 0 radical (unpaired) electrons. The van der Waals surface area contributed by atoms with Crippen molar-refractivity contribution in [3.8, 4) is 0 Å². The minimum Gasteiger partial charge on any atom is -0.477 e. The lowest BCUT2D eigenvalue weighted by atomic mass is 10.1. The lowest BCUT2D eigenvalue weighted by molar-refractivity contribution is -0.140. The fraction of sp³-hybridized carbons (Fsp3) is 0. The molecule has 0 spiro atoms. The lowest BCUT2D eigenvalue weighted by Gasteiger charge is -2.01. The summed E-state index contributed by atoms with van der Waals surface area (Å²) in [5.74, 6) is -3.12. The number of hydrogen-bond acceptors (Lipinski definition) is 2. The predicted octanol–water partition coefficient (Wildman–Crippen LogP) is 1.81. The molecule has 0 fully saturated rings. The molecule has 0 heterocycles. The molecule has 4 nitrogen and oxygen atoms in total. The van der Waals surface area contributed by atoms with Crippen LogP contribution in [0.3, 0.4) is 0 Å². The number of carbonyl (C=O) groups is 2. The van der Waals surface area contributed by atoms with Gasteiger partial charge in [-0.2, -0.15) is 0 Å². The van der Waals surface area contributed by atoms with Gasteiger partial charge in [0.2, 0.25) is 0 Å². The zero-order chi connectivity index (χ0) is 11.4. The fourth-order valence-electron chi connectivity index (χ4n) is 1.01. The molecule has 1 aromatic rings. The minimum atomic E-state index is -1.56. The SMILES string of the molecule is O=C(O)C(C(=O)O)=C(Cl)c1ccccc1. The third-order valence-electron chi connectivity index (χ3n) is 1.67. The second-order valence-electron chi connectivity index (χ2n) is 2.67. The van der Waals surface area contributed by atoms with E-state index in [1.807, 2.05) is 0 Å². The van der Waals surface area contributed by atoms with Crippen LogP contribution in [0.25, 0.3) is 5.03 Å². The zero-order valence-electron chi connectivity index (χ0n) is 7.48. The second-order valence-corrected chi connectivity index (χ2v) is 3.04. The van der Waals surface area contributed by atoms with Crippen LogP contribution in [0, 0.1) is 0 Å². The maximum Gasteiger partial charge on any atom is 0.344 e. The number of carboxylic acids is 2. The molecule has 0 aliphatic rings. The van der Waals surface area contributed by atoms with Gasteiger partial charge in [0.15, 0.2) is 5.57 Å². The van der Waals surface area contributed by atoms with Crippen LogP contribution in [0.5, 0.6) is 0 Å². The van der Waals surface area contributed by atoms with E-state index in [0.717, 1.165) is 0 Å². The monoisotopic (exact) mass is 226 g/mol. The smallest absolute Gasteiger partial charge is 0.344 e. The Kier molecular flexibility index (Phi) is 3.46. The number of aliphatic carboxylic acids is 2. The first-order chi connectivity index (χ1) is 7.04. The molecule has 15 heavy (non-hydrogen) atoms. The summed E-state index contributed by atoms with van der Waals surface area (Å²) >= 11 is 5.68. The molecular weight excluding hydrogens is 220 g/mol. The van der Waals surface area contributed by atoms with Crippen LogP contribution in [0.15, 0.2) is 35.9 Å². The second kappa shape index (κ2) is 4.61. The van der Waals surface area contributed by atoms with Crippen molar-refractivity contribution >= 4 is 28.6 Å². The van der Waals surface area contributed by atoms with E-state index in [-0.39, 0.29) is 5.03 Å². The molecule has 0 saturated heterocycles. The molecule has 0 saturated carbocycles. The van der Waals surface area contributed by atoms with Gasteiger partial charge in [0.25, 0.3) is 0 Å². The maximum absolute atomic E-state index is 10.6. The Morgan fingerprint density at radius 2 is 1.47 bits per heavy atom. The van der Waals surface area contributed by atoms with Crippen LogP contribution in [-0.4, -0.2) is 22.2 Å². The Bertz CT molecular complexity index is 406. The van der Waals surface area contributed by atoms with E-state index in [1.165, 1.54) is 12.1 Å². The van der Waals surface area contributed by atoms with Crippen molar-refractivity contribution in [2.24, 2.45) is 0 Å². The summed E-state index contributed by atoms with van der Waals surface area (Å²) < 4.78 is 0. The molecule has 1 aromatic carbocycles. The quantitative estimate of drug-likeness (QED) is 0.468. The molecule has 0 amide bonds. The molecule has 1 rings (SSSR count). The highest BCUT2D eigenvalue weighted by molar-refractivity contribution is 6.53. The maximum atomic E-state index is 10.6. The molecule has 0 atom stereocenters. The molecule has 5 heteroatoms. The normalized spacial score (nSPS) is 9.40. The van der Waals surface area contributed by atoms with Crippen LogP contribution < -0.4 is 0 Å². The molecule has 0 aliphatic carbocycles. The highest BCUT2D eigenvalue weighted by Crippen LogP contribution is 2.23. The topological polar surface area (TPSA) is 74.6 Å². The van der Waals surface area contributed by atoms with Crippen molar-refractivity contribution in [1.29, 1.82) is 0 Å². The Hall–Kier alpha value is -1.81. The van der Waals surface area contributed by atoms with Crippen molar-refractivity contribution < 1.29 is 19.8 Å². The average Bonchev–Trinajstić information content (AvgIpc) is 2.18. The van der Waals surface area contributed by atoms with Gasteiger partial charge in [0.1, 0.15) is 0 Å². The molecule has 0 unspecified atom stereocenters. The van der Waals surface area contributed by atoms with Crippen molar-refractivity contribution in [1.82, 2.24) is 0 Å². The zero-order valence-corrected chi connectivity index (χ0v) is 8.23. The molecule has 2 N–H and O–H groups in total. The summed E-state index contributed by atoms with van der Waals surface area (Å²) in [4.78, 5) is 21.3. The summed E-state index contributed by atoms with van der Waals surface area (Å²) in [5, 5.41) is 17.0. The van der Waals surface area contributed by atoms with Crippen LogP contribution in [0.4, 0.5) is 0 Å². The molecule has 78 valence electrons.